The van der Waals surface area contributed by atoms with E-state index >= 15 is 0 Å². The minimum Gasteiger partial charge on any atom is -0.476 e. The van der Waals surface area contributed by atoms with Crippen LogP contribution in [-0.4, -0.2) is 38.3 Å². The van der Waals surface area contributed by atoms with Gasteiger partial charge in [-0.15, -0.1) is 0 Å². The van der Waals surface area contributed by atoms with Crippen LogP contribution < -0.4 is 5.32 Å². The molecule has 0 aromatic carbocycles. The van der Waals surface area contributed by atoms with E-state index in [9.17, 15) is 4.79 Å². The molecule has 3 N–H and O–H groups in total. The van der Waals surface area contributed by atoms with Crippen molar-refractivity contribution >= 4 is 11.8 Å². The van der Waals surface area contributed by atoms with Gasteiger partial charge in [0.25, 0.3) is 0 Å². The maximum atomic E-state index is 10.9. The summed E-state index contributed by atoms with van der Waals surface area (Å²) in [5, 5.41) is 20.7. The topological polar surface area (TPSA) is 95.3 Å². The lowest BCUT2D eigenvalue weighted by Crippen LogP contribution is -2.33. The molecule has 6 nitrogen and oxygen atoms in total. The van der Waals surface area contributed by atoms with Crippen molar-refractivity contribution < 1.29 is 15.0 Å². The number of carboxylic acids is 1. The molecule has 0 atom stereocenters. The van der Waals surface area contributed by atoms with E-state index in [0.29, 0.717) is 6.42 Å². The number of nitrogens with zero attached hydrogens (tertiary/aromatic N) is 2. The van der Waals surface area contributed by atoms with Crippen LogP contribution in [-0.2, 0) is 0 Å². The van der Waals surface area contributed by atoms with Gasteiger partial charge in [0.15, 0.2) is 11.5 Å². The van der Waals surface area contributed by atoms with Crippen molar-refractivity contribution in [3.8, 4) is 0 Å². The lowest BCUT2D eigenvalue weighted by atomic mass is 10.0. The molecule has 0 aliphatic carbocycles. The zero-order valence-electron chi connectivity index (χ0n) is 9.27. The number of anilines is 1. The van der Waals surface area contributed by atoms with Crippen molar-refractivity contribution in [2.45, 2.75) is 25.8 Å². The number of carbonyl (C=O) groups is 1. The molecule has 16 heavy (non-hydrogen) atoms. The highest BCUT2D eigenvalue weighted by atomic mass is 16.4. The molecule has 0 aliphatic rings. The summed E-state index contributed by atoms with van der Waals surface area (Å²) >= 11 is 0. The highest BCUT2D eigenvalue weighted by molar-refractivity contribution is 5.90. The van der Waals surface area contributed by atoms with Crippen LogP contribution in [0.1, 0.15) is 30.8 Å². The van der Waals surface area contributed by atoms with Crippen molar-refractivity contribution in [1.29, 1.82) is 0 Å². The van der Waals surface area contributed by atoms with Gasteiger partial charge in [-0.1, -0.05) is 0 Å². The Morgan fingerprint density at radius 2 is 2.06 bits per heavy atom. The number of aromatic nitrogens is 2. The zero-order chi connectivity index (χ0) is 12.2. The van der Waals surface area contributed by atoms with Gasteiger partial charge in [0.05, 0.1) is 0 Å². The van der Waals surface area contributed by atoms with E-state index in [-0.39, 0.29) is 18.1 Å². The molecule has 1 heterocycles. The minimum atomic E-state index is -1.13. The van der Waals surface area contributed by atoms with Gasteiger partial charge in [-0.2, -0.15) is 0 Å². The highest BCUT2D eigenvalue weighted by Crippen LogP contribution is 2.18. The number of carboxylic acid groups (broad SMARTS) is 1. The standard InChI is InChI=1S/C10H15N3O3/c1-10(2,3-6-14)13-8-7(9(15)16)11-4-5-12-8/h4-5,14H,3,6H2,1-2H3,(H,12,13)(H,15,16). The first-order valence-electron chi connectivity index (χ1n) is 4.89. The average molecular weight is 225 g/mol. The van der Waals surface area contributed by atoms with Crippen LogP contribution >= 0.6 is 0 Å². The Morgan fingerprint density at radius 1 is 1.44 bits per heavy atom. The third kappa shape index (κ3) is 3.16. The first kappa shape index (κ1) is 12.4. The van der Waals surface area contributed by atoms with E-state index < -0.39 is 11.5 Å². The Morgan fingerprint density at radius 3 is 2.62 bits per heavy atom. The number of nitrogens with one attached hydrogen (secondary N) is 1. The third-order valence-corrected chi connectivity index (χ3v) is 2.09. The van der Waals surface area contributed by atoms with Gasteiger partial charge >= 0.3 is 5.97 Å². The first-order valence-corrected chi connectivity index (χ1v) is 4.89. The molecule has 0 saturated heterocycles. The summed E-state index contributed by atoms with van der Waals surface area (Å²) in [6, 6.07) is 0. The molecule has 88 valence electrons. The van der Waals surface area contributed by atoms with Gasteiger partial charge in [0.2, 0.25) is 0 Å². The van der Waals surface area contributed by atoms with Crippen LogP contribution in [0, 0.1) is 0 Å². The van der Waals surface area contributed by atoms with Gasteiger partial charge in [0.1, 0.15) is 0 Å². The number of aromatic carboxylic acids is 1. The molecular weight excluding hydrogens is 210 g/mol. The molecule has 0 radical (unpaired) electrons. The van der Waals surface area contributed by atoms with Gasteiger partial charge in [-0.25, -0.2) is 14.8 Å². The SMILES string of the molecule is CC(C)(CCO)Nc1nccnc1C(=O)O. The number of hydrogen-bond donors (Lipinski definition) is 3. The molecule has 0 unspecified atom stereocenters. The highest BCUT2D eigenvalue weighted by Gasteiger charge is 2.21. The van der Waals surface area contributed by atoms with E-state index in [2.05, 4.69) is 15.3 Å². The summed E-state index contributed by atoms with van der Waals surface area (Å²) in [5.41, 5.74) is -0.553. The number of aliphatic hydroxyl groups is 1. The van der Waals surface area contributed by atoms with E-state index in [1.165, 1.54) is 12.4 Å². The lowest BCUT2D eigenvalue weighted by Gasteiger charge is -2.26. The lowest BCUT2D eigenvalue weighted by molar-refractivity contribution is 0.0691. The van der Waals surface area contributed by atoms with Crippen LogP contribution in [0.3, 0.4) is 0 Å². The average Bonchev–Trinajstić information content (AvgIpc) is 2.17. The maximum Gasteiger partial charge on any atom is 0.358 e. The Hall–Kier alpha value is -1.69. The minimum absolute atomic E-state index is 0.0165. The fourth-order valence-corrected chi connectivity index (χ4v) is 1.25. The van der Waals surface area contributed by atoms with E-state index in [1.54, 1.807) is 0 Å². The van der Waals surface area contributed by atoms with E-state index in [0.717, 1.165) is 0 Å². The number of aliphatic hydroxyl groups excluding tert-OH is 1. The van der Waals surface area contributed by atoms with Crippen molar-refractivity contribution in [3.05, 3.63) is 18.1 Å². The van der Waals surface area contributed by atoms with Crippen molar-refractivity contribution in [1.82, 2.24) is 9.97 Å². The molecule has 0 amide bonds. The van der Waals surface area contributed by atoms with Crippen LogP contribution in [0.15, 0.2) is 12.4 Å². The second kappa shape index (κ2) is 4.89. The predicted molar refractivity (Wildman–Crippen MR) is 58.4 cm³/mol. The maximum absolute atomic E-state index is 10.9. The van der Waals surface area contributed by atoms with Crippen molar-refractivity contribution in [3.63, 3.8) is 0 Å². The predicted octanol–water partition coefficient (Wildman–Crippen LogP) is 0.748. The van der Waals surface area contributed by atoms with Crippen molar-refractivity contribution in [2.24, 2.45) is 0 Å². The fourth-order valence-electron chi connectivity index (χ4n) is 1.25. The second-order valence-electron chi connectivity index (χ2n) is 4.04. The molecule has 0 bridgehead atoms. The Labute approximate surface area is 93.4 Å². The molecule has 0 aliphatic heterocycles. The molecular formula is C10H15N3O3. The summed E-state index contributed by atoms with van der Waals surface area (Å²) in [4.78, 5) is 18.5. The smallest absolute Gasteiger partial charge is 0.358 e. The van der Waals surface area contributed by atoms with Gasteiger partial charge in [-0.05, 0) is 20.3 Å². The van der Waals surface area contributed by atoms with Crippen molar-refractivity contribution in [2.75, 3.05) is 11.9 Å². The summed E-state index contributed by atoms with van der Waals surface area (Å²) in [6.07, 6.45) is 3.24. The summed E-state index contributed by atoms with van der Waals surface area (Å²) < 4.78 is 0. The van der Waals surface area contributed by atoms with Crippen LogP contribution in [0.5, 0.6) is 0 Å². The Kier molecular flexibility index (Phi) is 3.78. The quantitative estimate of drug-likeness (QED) is 0.684. The monoisotopic (exact) mass is 225 g/mol. The second-order valence-corrected chi connectivity index (χ2v) is 4.04. The number of hydrogen-bond acceptors (Lipinski definition) is 5. The van der Waals surface area contributed by atoms with Crippen LogP contribution in [0.4, 0.5) is 5.82 Å². The molecule has 0 saturated carbocycles. The molecule has 1 aromatic heterocycles. The molecule has 0 spiro atoms. The molecule has 6 heteroatoms. The third-order valence-electron chi connectivity index (χ3n) is 2.09. The fraction of sp³-hybridized carbons (Fsp3) is 0.500. The number of rotatable bonds is 5. The summed E-state index contributed by atoms with van der Waals surface area (Å²) in [6.45, 7) is 3.72. The van der Waals surface area contributed by atoms with E-state index in [4.69, 9.17) is 10.2 Å². The van der Waals surface area contributed by atoms with E-state index in [1.807, 2.05) is 13.8 Å². The normalized spacial score (nSPS) is 11.2. The van der Waals surface area contributed by atoms with Crippen LogP contribution in [0.25, 0.3) is 0 Å². The Bertz CT molecular complexity index is 379. The summed E-state index contributed by atoms with van der Waals surface area (Å²) in [7, 11) is 0. The Balaban J connectivity index is 2.92. The molecule has 1 rings (SSSR count). The molecule has 0 fully saturated rings. The van der Waals surface area contributed by atoms with Gasteiger partial charge in [-0.3, -0.25) is 0 Å². The van der Waals surface area contributed by atoms with Crippen LogP contribution in [0.2, 0.25) is 0 Å². The van der Waals surface area contributed by atoms with Gasteiger partial charge in [0, 0.05) is 24.5 Å². The zero-order valence-corrected chi connectivity index (χ0v) is 9.27. The largest absolute Gasteiger partial charge is 0.476 e. The first-order chi connectivity index (χ1) is 7.46. The van der Waals surface area contributed by atoms with Gasteiger partial charge < -0.3 is 15.5 Å². The summed E-state index contributed by atoms with van der Waals surface area (Å²) in [5.74, 6) is -0.913. The molecule has 1 aromatic rings.